The van der Waals surface area contributed by atoms with Gasteiger partial charge in [0, 0.05) is 36.3 Å². The Morgan fingerprint density at radius 3 is 2.85 bits per heavy atom. The van der Waals surface area contributed by atoms with Gasteiger partial charge in [0.2, 0.25) is 5.91 Å². The number of carbonyl (C=O) groups excluding carboxylic acids is 1. The molecular formula is C21H23N3OS. The molecule has 0 saturated heterocycles. The molecule has 0 spiro atoms. The second-order valence-corrected chi connectivity index (χ2v) is 8.26. The first-order valence-corrected chi connectivity index (χ1v) is 9.83. The number of imidazole rings is 1. The third kappa shape index (κ3) is 3.12. The molecule has 1 N–H and O–H groups in total. The van der Waals surface area contributed by atoms with Crippen molar-refractivity contribution in [2.45, 2.75) is 42.8 Å². The fraction of sp³-hybridized carbons (Fsp3) is 0.333. The highest BCUT2D eigenvalue weighted by Gasteiger charge is 2.25. The van der Waals surface area contributed by atoms with Crippen molar-refractivity contribution in [2.75, 3.05) is 0 Å². The zero-order valence-corrected chi connectivity index (χ0v) is 16.1. The van der Waals surface area contributed by atoms with Crippen LogP contribution in [0, 0.1) is 5.92 Å². The summed E-state index contributed by atoms with van der Waals surface area (Å²) in [5, 5.41) is 6.83. The summed E-state index contributed by atoms with van der Waals surface area (Å²) < 4.78 is 2.04. The van der Waals surface area contributed by atoms with Crippen molar-refractivity contribution in [2.24, 2.45) is 13.0 Å². The minimum absolute atomic E-state index is 0.00405. The molecule has 4 nitrogen and oxygen atoms in total. The third-order valence-corrected chi connectivity index (χ3v) is 6.14. The molecule has 0 fully saturated rings. The van der Waals surface area contributed by atoms with Crippen LogP contribution in [0.2, 0.25) is 0 Å². The Hall–Kier alpha value is -2.27. The lowest BCUT2D eigenvalue weighted by atomic mass is 9.85. The number of benzene rings is 2. The van der Waals surface area contributed by atoms with Crippen molar-refractivity contribution in [3.8, 4) is 0 Å². The van der Waals surface area contributed by atoms with Crippen molar-refractivity contribution in [1.82, 2.24) is 14.9 Å². The van der Waals surface area contributed by atoms with E-state index in [-0.39, 0.29) is 17.9 Å². The molecule has 5 heteroatoms. The van der Waals surface area contributed by atoms with E-state index in [1.165, 1.54) is 26.8 Å². The van der Waals surface area contributed by atoms with Crippen LogP contribution in [0.25, 0.3) is 10.8 Å². The predicted molar refractivity (Wildman–Crippen MR) is 105 cm³/mol. The fourth-order valence-electron chi connectivity index (χ4n) is 3.59. The third-order valence-electron chi connectivity index (χ3n) is 4.96. The number of aromatic nitrogens is 2. The Morgan fingerprint density at radius 1 is 1.27 bits per heavy atom. The number of nitrogens with zero attached hydrogens (tertiary/aromatic N) is 2. The van der Waals surface area contributed by atoms with E-state index in [0.717, 1.165) is 18.0 Å². The summed E-state index contributed by atoms with van der Waals surface area (Å²) >= 11 is 1.70. The molecule has 1 amide bonds. The van der Waals surface area contributed by atoms with Crippen molar-refractivity contribution in [3.05, 3.63) is 53.9 Å². The smallest absolute Gasteiger partial charge is 0.222 e. The normalized spacial score (nSPS) is 16.2. The molecule has 1 aromatic heterocycles. The van der Waals surface area contributed by atoms with Crippen LogP contribution in [0.1, 0.15) is 25.0 Å². The molecule has 0 bridgehead atoms. The van der Waals surface area contributed by atoms with Crippen LogP contribution in [-0.4, -0.2) is 21.5 Å². The van der Waals surface area contributed by atoms with E-state index in [0.29, 0.717) is 0 Å². The first-order valence-electron chi connectivity index (χ1n) is 9.02. The SMILES string of the molecule is CC(C)C(=O)NC1Cc2cccc3ccc(Sc4nccn4C)c(c23)C1. The Bertz CT molecular complexity index is 977. The molecule has 1 unspecified atom stereocenters. The molecule has 0 saturated carbocycles. The Labute approximate surface area is 158 Å². The fourth-order valence-corrected chi connectivity index (χ4v) is 4.55. The minimum Gasteiger partial charge on any atom is -0.352 e. The lowest BCUT2D eigenvalue weighted by Crippen LogP contribution is -2.41. The summed E-state index contributed by atoms with van der Waals surface area (Å²) in [6.45, 7) is 3.88. The minimum atomic E-state index is 0.00405. The largest absolute Gasteiger partial charge is 0.352 e. The molecular weight excluding hydrogens is 342 g/mol. The summed E-state index contributed by atoms with van der Waals surface area (Å²) in [5.41, 5.74) is 2.64. The summed E-state index contributed by atoms with van der Waals surface area (Å²) in [6, 6.07) is 11.0. The van der Waals surface area contributed by atoms with Crippen molar-refractivity contribution >= 4 is 28.4 Å². The highest BCUT2D eigenvalue weighted by Crippen LogP contribution is 2.38. The first-order chi connectivity index (χ1) is 12.5. The molecule has 1 aliphatic rings. The van der Waals surface area contributed by atoms with Crippen LogP contribution in [0.3, 0.4) is 0 Å². The van der Waals surface area contributed by atoms with Gasteiger partial charge < -0.3 is 9.88 Å². The second kappa shape index (κ2) is 6.80. The zero-order valence-electron chi connectivity index (χ0n) is 15.3. The molecule has 1 heterocycles. The van der Waals surface area contributed by atoms with Gasteiger partial charge in [-0.1, -0.05) is 49.9 Å². The van der Waals surface area contributed by atoms with Crippen LogP contribution in [0.4, 0.5) is 0 Å². The number of hydrogen-bond acceptors (Lipinski definition) is 3. The Morgan fingerprint density at radius 2 is 2.12 bits per heavy atom. The molecule has 0 aliphatic heterocycles. The van der Waals surface area contributed by atoms with E-state index < -0.39 is 0 Å². The first kappa shape index (κ1) is 17.2. The standard InChI is InChI=1S/C21H23N3OS/c1-13(2)20(25)23-16-11-15-6-4-5-14-7-8-18(17(12-16)19(14)15)26-21-22-9-10-24(21)3/h4-10,13,16H,11-12H2,1-3H3,(H,23,25). The van der Waals surface area contributed by atoms with Gasteiger partial charge in [0.15, 0.2) is 5.16 Å². The predicted octanol–water partition coefficient (Wildman–Crippen LogP) is 3.96. The van der Waals surface area contributed by atoms with E-state index in [4.69, 9.17) is 0 Å². The Balaban J connectivity index is 1.74. The second-order valence-electron chi connectivity index (χ2n) is 7.25. The van der Waals surface area contributed by atoms with Crippen molar-refractivity contribution in [3.63, 3.8) is 0 Å². The van der Waals surface area contributed by atoms with Crippen LogP contribution in [-0.2, 0) is 24.7 Å². The quantitative estimate of drug-likeness (QED) is 0.761. The van der Waals surface area contributed by atoms with Gasteiger partial charge in [-0.05, 0) is 40.8 Å². The summed E-state index contributed by atoms with van der Waals surface area (Å²) in [5.74, 6) is 0.129. The maximum atomic E-state index is 12.2. The lowest BCUT2D eigenvalue weighted by molar-refractivity contribution is -0.124. The van der Waals surface area contributed by atoms with Gasteiger partial charge >= 0.3 is 0 Å². The molecule has 1 atom stereocenters. The lowest BCUT2D eigenvalue weighted by Gasteiger charge is -2.28. The van der Waals surface area contributed by atoms with Gasteiger partial charge in [-0.25, -0.2) is 4.98 Å². The van der Waals surface area contributed by atoms with Gasteiger partial charge in [-0.15, -0.1) is 0 Å². The summed E-state index contributed by atoms with van der Waals surface area (Å²) in [6.07, 6.45) is 5.54. The Kier molecular flexibility index (Phi) is 4.49. The summed E-state index contributed by atoms with van der Waals surface area (Å²) in [4.78, 5) is 17.9. The van der Waals surface area contributed by atoms with E-state index in [2.05, 4.69) is 40.6 Å². The number of amides is 1. The highest BCUT2D eigenvalue weighted by atomic mass is 32.2. The van der Waals surface area contributed by atoms with Crippen LogP contribution >= 0.6 is 11.8 Å². The van der Waals surface area contributed by atoms with Crippen LogP contribution in [0.5, 0.6) is 0 Å². The number of rotatable bonds is 4. The van der Waals surface area contributed by atoms with Crippen LogP contribution < -0.4 is 5.32 Å². The number of carbonyl (C=O) groups is 1. The highest BCUT2D eigenvalue weighted by molar-refractivity contribution is 7.99. The molecule has 134 valence electrons. The van der Waals surface area contributed by atoms with E-state index in [1.54, 1.807) is 11.8 Å². The van der Waals surface area contributed by atoms with Crippen LogP contribution in [0.15, 0.2) is 52.8 Å². The van der Waals surface area contributed by atoms with E-state index >= 15 is 0 Å². The van der Waals surface area contributed by atoms with Gasteiger partial charge in [-0.2, -0.15) is 0 Å². The molecule has 26 heavy (non-hydrogen) atoms. The number of aryl methyl sites for hydroxylation is 1. The maximum absolute atomic E-state index is 12.2. The molecule has 1 aliphatic carbocycles. The number of hydrogen-bond donors (Lipinski definition) is 1. The molecule has 2 aromatic carbocycles. The summed E-state index contributed by atoms with van der Waals surface area (Å²) in [7, 11) is 2.01. The average Bonchev–Trinajstić information content (AvgIpc) is 3.02. The van der Waals surface area contributed by atoms with Gasteiger partial charge in [0.05, 0.1) is 0 Å². The van der Waals surface area contributed by atoms with Gasteiger partial charge in [0.1, 0.15) is 0 Å². The molecule has 0 radical (unpaired) electrons. The van der Waals surface area contributed by atoms with Crippen molar-refractivity contribution < 1.29 is 4.79 Å². The monoisotopic (exact) mass is 365 g/mol. The van der Waals surface area contributed by atoms with E-state index in [1.807, 2.05) is 37.9 Å². The zero-order chi connectivity index (χ0) is 18.3. The number of nitrogens with one attached hydrogen (secondary N) is 1. The topological polar surface area (TPSA) is 46.9 Å². The van der Waals surface area contributed by atoms with Gasteiger partial charge in [-0.3, -0.25) is 4.79 Å². The van der Waals surface area contributed by atoms with Gasteiger partial charge in [0.25, 0.3) is 0 Å². The molecule has 4 rings (SSSR count). The maximum Gasteiger partial charge on any atom is 0.222 e. The van der Waals surface area contributed by atoms with Crippen molar-refractivity contribution in [1.29, 1.82) is 0 Å². The average molecular weight is 366 g/mol. The van der Waals surface area contributed by atoms with E-state index in [9.17, 15) is 4.79 Å². The molecule has 3 aromatic rings.